The van der Waals surface area contributed by atoms with Crippen molar-refractivity contribution in [2.75, 3.05) is 12.5 Å². The number of ether oxygens (including phenoxy) is 2. The fraction of sp³-hybridized carbons (Fsp3) is 0.235. The molecular weight excluding hydrogens is 336 g/mol. The second-order valence-electron chi connectivity index (χ2n) is 5.27. The molecule has 0 bridgehead atoms. The molecule has 126 valence electrons. The van der Waals surface area contributed by atoms with E-state index in [9.17, 15) is 13.6 Å². The summed E-state index contributed by atoms with van der Waals surface area (Å²) >= 11 is 0.955. The lowest BCUT2D eigenvalue weighted by Gasteiger charge is -2.15. The van der Waals surface area contributed by atoms with Gasteiger partial charge in [-0.15, -0.1) is 11.8 Å². The van der Waals surface area contributed by atoms with Crippen LogP contribution < -0.4 is 14.8 Å². The Hall–Kier alpha value is -2.28. The third-order valence-electron chi connectivity index (χ3n) is 3.53. The number of carbonyl (C=O) groups is 1. The first kappa shape index (κ1) is 16.6. The Morgan fingerprint density at radius 1 is 1.21 bits per heavy atom. The van der Waals surface area contributed by atoms with E-state index in [2.05, 4.69) is 5.32 Å². The lowest BCUT2D eigenvalue weighted by atomic mass is 10.1. The van der Waals surface area contributed by atoms with E-state index in [1.54, 1.807) is 6.07 Å². The van der Waals surface area contributed by atoms with E-state index in [0.29, 0.717) is 11.5 Å². The van der Waals surface area contributed by atoms with Crippen LogP contribution in [0.2, 0.25) is 0 Å². The van der Waals surface area contributed by atoms with Gasteiger partial charge in [-0.1, -0.05) is 6.07 Å². The Labute approximate surface area is 142 Å². The summed E-state index contributed by atoms with van der Waals surface area (Å²) in [4.78, 5) is 12.1. The zero-order chi connectivity index (χ0) is 17.1. The first-order valence-corrected chi connectivity index (χ1v) is 8.28. The first-order chi connectivity index (χ1) is 11.5. The van der Waals surface area contributed by atoms with Gasteiger partial charge < -0.3 is 14.8 Å². The summed E-state index contributed by atoms with van der Waals surface area (Å²) < 4.78 is 37.2. The van der Waals surface area contributed by atoms with E-state index >= 15 is 0 Å². The molecule has 0 aliphatic carbocycles. The van der Waals surface area contributed by atoms with E-state index in [4.69, 9.17) is 9.47 Å². The number of amides is 1. The van der Waals surface area contributed by atoms with Gasteiger partial charge in [0.1, 0.15) is 11.6 Å². The van der Waals surface area contributed by atoms with Crippen molar-refractivity contribution < 1.29 is 23.0 Å². The highest BCUT2D eigenvalue weighted by Crippen LogP contribution is 2.34. The van der Waals surface area contributed by atoms with Crippen molar-refractivity contribution in [3.05, 3.63) is 53.6 Å². The molecule has 7 heteroatoms. The van der Waals surface area contributed by atoms with Gasteiger partial charge in [-0.05, 0) is 42.8 Å². The maximum atomic E-state index is 13.5. The summed E-state index contributed by atoms with van der Waals surface area (Å²) in [6.07, 6.45) is 0. The van der Waals surface area contributed by atoms with Crippen LogP contribution in [0.3, 0.4) is 0 Å². The van der Waals surface area contributed by atoms with Crippen molar-refractivity contribution in [1.82, 2.24) is 5.32 Å². The SMILES string of the molecule is C[C@@H](NC(=O)CSc1cc(F)ccc1F)c1ccc2c(c1)OCO2. The van der Waals surface area contributed by atoms with E-state index in [1.807, 2.05) is 19.1 Å². The minimum atomic E-state index is -0.544. The van der Waals surface area contributed by atoms with Gasteiger partial charge in [-0.3, -0.25) is 4.79 Å². The minimum absolute atomic E-state index is 0.00470. The average Bonchev–Trinajstić information content (AvgIpc) is 3.03. The van der Waals surface area contributed by atoms with Crippen molar-refractivity contribution in [2.24, 2.45) is 0 Å². The Morgan fingerprint density at radius 2 is 2.00 bits per heavy atom. The van der Waals surface area contributed by atoms with Crippen LogP contribution in [-0.4, -0.2) is 18.5 Å². The Balaban J connectivity index is 1.57. The molecule has 3 rings (SSSR count). The van der Waals surface area contributed by atoms with Crippen LogP contribution in [0.15, 0.2) is 41.3 Å². The van der Waals surface area contributed by atoms with Crippen LogP contribution in [0.1, 0.15) is 18.5 Å². The summed E-state index contributed by atoms with van der Waals surface area (Å²) in [5, 5.41) is 2.82. The molecule has 0 spiro atoms. The molecule has 0 aromatic heterocycles. The standard InChI is InChI=1S/C17H15F2NO3S/c1-10(11-2-5-14-15(6-11)23-9-22-14)20-17(21)8-24-16-7-12(18)3-4-13(16)19/h2-7,10H,8-9H2,1H3,(H,20,21)/t10-/m1/s1. The predicted molar refractivity (Wildman–Crippen MR) is 86.2 cm³/mol. The van der Waals surface area contributed by atoms with Crippen LogP contribution in [0, 0.1) is 11.6 Å². The maximum absolute atomic E-state index is 13.5. The summed E-state index contributed by atoms with van der Waals surface area (Å²) in [6, 6.07) is 8.37. The molecule has 0 radical (unpaired) electrons. The smallest absolute Gasteiger partial charge is 0.231 e. The number of hydrogen-bond donors (Lipinski definition) is 1. The second-order valence-corrected chi connectivity index (χ2v) is 6.28. The first-order valence-electron chi connectivity index (χ1n) is 7.29. The Kier molecular flexibility index (Phi) is 4.89. The molecule has 0 fully saturated rings. The fourth-order valence-corrected chi connectivity index (χ4v) is 3.05. The lowest BCUT2D eigenvalue weighted by molar-refractivity contribution is -0.119. The fourth-order valence-electron chi connectivity index (χ4n) is 2.28. The molecule has 1 heterocycles. The van der Waals surface area contributed by atoms with Gasteiger partial charge >= 0.3 is 0 Å². The monoisotopic (exact) mass is 351 g/mol. The van der Waals surface area contributed by atoms with Gasteiger partial charge in [0.05, 0.1) is 11.8 Å². The molecule has 24 heavy (non-hydrogen) atoms. The van der Waals surface area contributed by atoms with Gasteiger partial charge in [0, 0.05) is 4.90 Å². The highest BCUT2D eigenvalue weighted by Gasteiger charge is 2.17. The van der Waals surface area contributed by atoms with E-state index < -0.39 is 11.6 Å². The molecule has 4 nitrogen and oxygen atoms in total. The zero-order valence-corrected chi connectivity index (χ0v) is 13.7. The number of carbonyl (C=O) groups excluding carboxylic acids is 1. The van der Waals surface area contributed by atoms with E-state index in [-0.39, 0.29) is 29.4 Å². The van der Waals surface area contributed by atoms with E-state index in [0.717, 1.165) is 35.5 Å². The normalized spacial score (nSPS) is 13.6. The number of hydrogen-bond acceptors (Lipinski definition) is 4. The van der Waals surface area contributed by atoms with Crippen molar-refractivity contribution in [3.63, 3.8) is 0 Å². The highest BCUT2D eigenvalue weighted by atomic mass is 32.2. The number of thioether (sulfide) groups is 1. The van der Waals surface area contributed by atoms with Crippen molar-refractivity contribution in [2.45, 2.75) is 17.9 Å². The minimum Gasteiger partial charge on any atom is -0.454 e. The van der Waals surface area contributed by atoms with Crippen LogP contribution in [-0.2, 0) is 4.79 Å². The van der Waals surface area contributed by atoms with Crippen LogP contribution >= 0.6 is 11.8 Å². The molecular formula is C17H15F2NO3S. The lowest BCUT2D eigenvalue weighted by Crippen LogP contribution is -2.28. The predicted octanol–water partition coefficient (Wildman–Crippen LogP) is 3.66. The molecule has 0 saturated heterocycles. The van der Waals surface area contributed by atoms with Crippen molar-refractivity contribution in [3.8, 4) is 11.5 Å². The Morgan fingerprint density at radius 3 is 2.83 bits per heavy atom. The number of nitrogens with one attached hydrogen (secondary N) is 1. The molecule has 1 aliphatic rings. The molecule has 1 aliphatic heterocycles. The van der Waals surface area contributed by atoms with Crippen molar-refractivity contribution in [1.29, 1.82) is 0 Å². The molecule has 2 aromatic rings. The summed E-state index contributed by atoms with van der Waals surface area (Å²) in [7, 11) is 0. The zero-order valence-electron chi connectivity index (χ0n) is 12.8. The second kappa shape index (κ2) is 7.09. The van der Waals surface area contributed by atoms with Crippen LogP contribution in [0.5, 0.6) is 11.5 Å². The molecule has 0 saturated carbocycles. The number of benzene rings is 2. The van der Waals surface area contributed by atoms with Crippen LogP contribution in [0.4, 0.5) is 8.78 Å². The van der Waals surface area contributed by atoms with Crippen LogP contribution in [0.25, 0.3) is 0 Å². The van der Waals surface area contributed by atoms with Gasteiger partial charge in [0.25, 0.3) is 0 Å². The Bertz CT molecular complexity index is 769. The van der Waals surface area contributed by atoms with Crippen molar-refractivity contribution >= 4 is 17.7 Å². The van der Waals surface area contributed by atoms with E-state index in [1.165, 1.54) is 0 Å². The van der Waals surface area contributed by atoms with Gasteiger partial charge in [-0.25, -0.2) is 8.78 Å². The number of halogens is 2. The van der Waals surface area contributed by atoms with Gasteiger partial charge in [0.2, 0.25) is 12.7 Å². The maximum Gasteiger partial charge on any atom is 0.231 e. The molecule has 1 amide bonds. The van der Waals surface area contributed by atoms with Gasteiger partial charge in [0.15, 0.2) is 11.5 Å². The molecule has 2 aromatic carbocycles. The summed E-state index contributed by atoms with van der Waals surface area (Å²) in [5.41, 5.74) is 0.870. The highest BCUT2D eigenvalue weighted by molar-refractivity contribution is 8.00. The average molecular weight is 351 g/mol. The number of rotatable bonds is 5. The molecule has 1 N–H and O–H groups in total. The molecule has 0 unspecified atom stereocenters. The summed E-state index contributed by atoms with van der Waals surface area (Å²) in [6.45, 7) is 2.03. The summed E-state index contributed by atoms with van der Waals surface area (Å²) in [5.74, 6) is -0.0333. The van der Waals surface area contributed by atoms with Gasteiger partial charge in [-0.2, -0.15) is 0 Å². The topological polar surface area (TPSA) is 47.6 Å². The third-order valence-corrected chi connectivity index (χ3v) is 4.56. The molecule has 1 atom stereocenters. The third kappa shape index (κ3) is 3.79. The largest absolute Gasteiger partial charge is 0.454 e. The number of fused-ring (bicyclic) bond motifs is 1. The quantitative estimate of drug-likeness (QED) is 0.835.